The van der Waals surface area contributed by atoms with Crippen molar-refractivity contribution in [3.8, 4) is 0 Å². The number of carbonyl (C=O) groups is 1. The Labute approximate surface area is 134 Å². The molecular formula is C17H19ClN2O2. The van der Waals surface area contributed by atoms with E-state index in [4.69, 9.17) is 11.6 Å². The lowest BCUT2D eigenvalue weighted by molar-refractivity contribution is 0.0947. The van der Waals surface area contributed by atoms with Gasteiger partial charge < -0.3 is 10.4 Å². The summed E-state index contributed by atoms with van der Waals surface area (Å²) in [5.41, 5.74) is 2.39. The quantitative estimate of drug-likeness (QED) is 0.889. The minimum absolute atomic E-state index is 0.141. The minimum Gasteiger partial charge on any atom is -0.393 e. The molecular weight excluding hydrogens is 300 g/mol. The zero-order chi connectivity index (χ0) is 15.7. The monoisotopic (exact) mass is 318 g/mol. The Morgan fingerprint density at radius 2 is 2.23 bits per heavy atom. The summed E-state index contributed by atoms with van der Waals surface area (Å²) in [6.45, 7) is 2.15. The van der Waals surface area contributed by atoms with Crippen molar-refractivity contribution >= 4 is 28.4 Å². The first kappa shape index (κ1) is 15.3. The maximum Gasteiger partial charge on any atom is 0.252 e. The predicted octanol–water partition coefficient (Wildman–Crippen LogP) is 3.27. The number of nitrogens with zero attached hydrogens (tertiary/aromatic N) is 1. The van der Waals surface area contributed by atoms with E-state index in [1.165, 1.54) is 0 Å². The Kier molecular flexibility index (Phi) is 4.32. The molecule has 1 fully saturated rings. The lowest BCUT2D eigenvalue weighted by atomic mass is 10.1. The average Bonchev–Trinajstić information content (AvgIpc) is 3.30. The van der Waals surface area contributed by atoms with Gasteiger partial charge in [0.05, 0.1) is 17.2 Å². The summed E-state index contributed by atoms with van der Waals surface area (Å²) in [6, 6.07) is 7.32. The molecule has 5 heteroatoms. The molecule has 1 atom stereocenters. The lowest BCUT2D eigenvalue weighted by Gasteiger charge is -2.11. The highest BCUT2D eigenvalue weighted by atomic mass is 35.5. The van der Waals surface area contributed by atoms with Gasteiger partial charge in [-0.15, -0.1) is 0 Å². The molecule has 3 rings (SSSR count). The smallest absolute Gasteiger partial charge is 0.252 e. The Balaban J connectivity index is 1.94. The summed E-state index contributed by atoms with van der Waals surface area (Å²) in [5, 5.41) is 13.5. The third-order valence-corrected chi connectivity index (χ3v) is 4.11. The van der Waals surface area contributed by atoms with Gasteiger partial charge in [0.25, 0.3) is 5.91 Å². The number of hydrogen-bond donors (Lipinski definition) is 2. The number of carbonyl (C=O) groups excluding carboxylic acids is 1. The van der Waals surface area contributed by atoms with E-state index >= 15 is 0 Å². The number of aromatic nitrogens is 1. The fourth-order valence-electron chi connectivity index (χ4n) is 2.48. The normalized spacial score (nSPS) is 15.8. The Morgan fingerprint density at radius 3 is 2.91 bits per heavy atom. The number of halogens is 1. The molecule has 0 bridgehead atoms. The van der Waals surface area contributed by atoms with Gasteiger partial charge in [0.1, 0.15) is 0 Å². The van der Waals surface area contributed by atoms with Crippen LogP contribution in [0.15, 0.2) is 24.3 Å². The van der Waals surface area contributed by atoms with Crippen LogP contribution in [-0.4, -0.2) is 28.6 Å². The highest BCUT2D eigenvalue weighted by Crippen LogP contribution is 2.40. The van der Waals surface area contributed by atoms with E-state index in [9.17, 15) is 9.90 Å². The number of amides is 1. The van der Waals surface area contributed by atoms with E-state index < -0.39 is 6.10 Å². The molecule has 0 saturated heterocycles. The fraction of sp³-hybridized carbons (Fsp3) is 0.412. The SMILES string of the molecule is CC(O)CCNC(=O)c1cc(C2CC2)nc2ccc(Cl)cc12. The fourth-order valence-corrected chi connectivity index (χ4v) is 2.66. The zero-order valence-corrected chi connectivity index (χ0v) is 13.2. The van der Waals surface area contributed by atoms with Crippen LogP contribution in [0.2, 0.25) is 5.02 Å². The number of hydrogen-bond acceptors (Lipinski definition) is 3. The molecule has 2 N–H and O–H groups in total. The topological polar surface area (TPSA) is 62.2 Å². The van der Waals surface area contributed by atoms with Crippen molar-refractivity contribution < 1.29 is 9.90 Å². The molecule has 4 nitrogen and oxygen atoms in total. The molecule has 0 radical (unpaired) electrons. The molecule has 1 saturated carbocycles. The van der Waals surface area contributed by atoms with Crippen molar-refractivity contribution in [3.05, 3.63) is 40.5 Å². The molecule has 1 amide bonds. The van der Waals surface area contributed by atoms with Crippen molar-refractivity contribution in [2.75, 3.05) is 6.54 Å². The molecule has 1 unspecified atom stereocenters. The Hall–Kier alpha value is -1.65. The van der Waals surface area contributed by atoms with Crippen LogP contribution in [0.1, 0.15) is 48.2 Å². The van der Waals surface area contributed by atoms with E-state index in [0.717, 1.165) is 29.4 Å². The van der Waals surface area contributed by atoms with Crippen LogP contribution >= 0.6 is 11.6 Å². The molecule has 116 valence electrons. The van der Waals surface area contributed by atoms with E-state index in [-0.39, 0.29) is 5.91 Å². The van der Waals surface area contributed by atoms with E-state index in [1.54, 1.807) is 19.1 Å². The molecule has 1 heterocycles. The second-order valence-electron chi connectivity index (χ2n) is 5.92. The first-order valence-corrected chi connectivity index (χ1v) is 7.99. The van der Waals surface area contributed by atoms with Crippen LogP contribution in [0.25, 0.3) is 10.9 Å². The Morgan fingerprint density at radius 1 is 1.45 bits per heavy atom. The van der Waals surface area contributed by atoms with Crippen molar-refractivity contribution in [3.63, 3.8) is 0 Å². The molecule has 1 aromatic carbocycles. The second-order valence-corrected chi connectivity index (χ2v) is 6.36. The largest absolute Gasteiger partial charge is 0.393 e. The number of nitrogens with one attached hydrogen (secondary N) is 1. The first-order valence-electron chi connectivity index (χ1n) is 7.61. The van der Waals surface area contributed by atoms with Gasteiger partial charge in [-0.2, -0.15) is 0 Å². The van der Waals surface area contributed by atoms with Crippen molar-refractivity contribution in [1.29, 1.82) is 0 Å². The number of aliphatic hydroxyl groups excluding tert-OH is 1. The summed E-state index contributed by atoms with van der Waals surface area (Å²) in [7, 11) is 0. The van der Waals surface area contributed by atoms with Crippen molar-refractivity contribution in [1.82, 2.24) is 10.3 Å². The van der Waals surface area contributed by atoms with Crippen LogP contribution in [-0.2, 0) is 0 Å². The second kappa shape index (κ2) is 6.23. The summed E-state index contributed by atoms with van der Waals surface area (Å²) >= 11 is 6.06. The third kappa shape index (κ3) is 3.39. The van der Waals surface area contributed by atoms with Crippen LogP contribution in [0.5, 0.6) is 0 Å². The number of aliphatic hydroxyl groups is 1. The van der Waals surface area contributed by atoms with Crippen molar-refractivity contribution in [2.24, 2.45) is 0 Å². The highest BCUT2D eigenvalue weighted by molar-refractivity contribution is 6.31. The van der Waals surface area contributed by atoms with Gasteiger partial charge in [0.15, 0.2) is 0 Å². The van der Waals surface area contributed by atoms with Gasteiger partial charge in [-0.05, 0) is 50.5 Å². The Bertz CT molecular complexity index is 711. The zero-order valence-electron chi connectivity index (χ0n) is 12.5. The third-order valence-electron chi connectivity index (χ3n) is 3.88. The van der Waals surface area contributed by atoms with Gasteiger partial charge in [-0.1, -0.05) is 11.6 Å². The van der Waals surface area contributed by atoms with Crippen LogP contribution in [0.3, 0.4) is 0 Å². The number of rotatable bonds is 5. The van der Waals surface area contributed by atoms with Gasteiger partial charge in [0.2, 0.25) is 0 Å². The number of benzene rings is 1. The first-order chi connectivity index (χ1) is 10.5. The maximum atomic E-state index is 12.5. The lowest BCUT2D eigenvalue weighted by Crippen LogP contribution is -2.27. The molecule has 1 aliphatic carbocycles. The van der Waals surface area contributed by atoms with E-state index in [2.05, 4.69) is 10.3 Å². The highest BCUT2D eigenvalue weighted by Gasteiger charge is 2.27. The predicted molar refractivity (Wildman–Crippen MR) is 87.4 cm³/mol. The van der Waals surface area contributed by atoms with Gasteiger partial charge >= 0.3 is 0 Å². The van der Waals surface area contributed by atoms with Gasteiger partial charge in [-0.25, -0.2) is 0 Å². The summed E-state index contributed by atoms with van der Waals surface area (Å²) in [6.07, 6.45) is 2.38. The van der Waals surface area contributed by atoms with Crippen LogP contribution in [0, 0.1) is 0 Å². The number of pyridine rings is 1. The van der Waals surface area contributed by atoms with Crippen LogP contribution in [0.4, 0.5) is 0 Å². The number of fused-ring (bicyclic) bond motifs is 1. The molecule has 2 aromatic rings. The van der Waals surface area contributed by atoms with Gasteiger partial charge in [0, 0.05) is 28.6 Å². The minimum atomic E-state index is -0.425. The molecule has 0 spiro atoms. The maximum absolute atomic E-state index is 12.5. The molecule has 0 aliphatic heterocycles. The van der Waals surface area contributed by atoms with Gasteiger partial charge in [-0.3, -0.25) is 9.78 Å². The molecule has 1 aliphatic rings. The summed E-state index contributed by atoms with van der Waals surface area (Å²) < 4.78 is 0. The van der Waals surface area contributed by atoms with E-state index in [0.29, 0.717) is 29.5 Å². The van der Waals surface area contributed by atoms with E-state index in [1.807, 2.05) is 12.1 Å². The standard InChI is InChI=1S/C17H19ClN2O2/c1-10(21)6-7-19-17(22)14-9-16(11-2-3-11)20-15-5-4-12(18)8-13(14)15/h4-5,8-11,21H,2-3,6-7H2,1H3,(H,19,22). The van der Waals surface area contributed by atoms with Crippen molar-refractivity contribution in [2.45, 2.75) is 38.2 Å². The molecule has 22 heavy (non-hydrogen) atoms. The van der Waals surface area contributed by atoms with Crippen LogP contribution < -0.4 is 5.32 Å². The summed E-state index contributed by atoms with van der Waals surface area (Å²) in [5.74, 6) is 0.335. The average molecular weight is 319 g/mol. The molecule has 1 aromatic heterocycles. The summed E-state index contributed by atoms with van der Waals surface area (Å²) in [4.78, 5) is 17.1.